The minimum Gasteiger partial charge on any atom is -0.497 e. The SMILES string of the molecule is COc1ccc(OC)c(C(O)CNC(C)(C)C)c1. The lowest BCUT2D eigenvalue weighted by atomic mass is 10.0. The van der Waals surface area contributed by atoms with E-state index in [4.69, 9.17) is 9.47 Å². The molecule has 0 spiro atoms. The summed E-state index contributed by atoms with van der Waals surface area (Å²) in [4.78, 5) is 0. The number of ether oxygens (including phenoxy) is 2. The van der Waals surface area contributed by atoms with E-state index in [1.54, 1.807) is 26.4 Å². The van der Waals surface area contributed by atoms with Gasteiger partial charge in [0.2, 0.25) is 0 Å². The van der Waals surface area contributed by atoms with E-state index in [0.717, 1.165) is 5.56 Å². The van der Waals surface area contributed by atoms with E-state index < -0.39 is 6.10 Å². The van der Waals surface area contributed by atoms with Crippen LogP contribution in [0.25, 0.3) is 0 Å². The van der Waals surface area contributed by atoms with Crippen molar-refractivity contribution in [2.24, 2.45) is 0 Å². The van der Waals surface area contributed by atoms with Crippen LogP contribution in [-0.4, -0.2) is 31.4 Å². The Morgan fingerprint density at radius 3 is 2.39 bits per heavy atom. The van der Waals surface area contributed by atoms with E-state index >= 15 is 0 Å². The van der Waals surface area contributed by atoms with Crippen molar-refractivity contribution in [3.05, 3.63) is 23.8 Å². The molecule has 1 aromatic carbocycles. The van der Waals surface area contributed by atoms with E-state index in [-0.39, 0.29) is 5.54 Å². The maximum atomic E-state index is 10.2. The first-order valence-electron chi connectivity index (χ1n) is 6.02. The minimum atomic E-state index is -0.630. The van der Waals surface area contributed by atoms with Gasteiger partial charge in [0.1, 0.15) is 11.5 Å². The van der Waals surface area contributed by atoms with E-state index in [2.05, 4.69) is 26.1 Å². The second kappa shape index (κ2) is 6.07. The maximum Gasteiger partial charge on any atom is 0.124 e. The van der Waals surface area contributed by atoms with Crippen molar-refractivity contribution < 1.29 is 14.6 Å². The third kappa shape index (κ3) is 4.20. The van der Waals surface area contributed by atoms with Crippen molar-refractivity contribution in [3.63, 3.8) is 0 Å². The molecule has 1 unspecified atom stereocenters. The van der Waals surface area contributed by atoms with Crippen LogP contribution in [0.15, 0.2) is 18.2 Å². The van der Waals surface area contributed by atoms with Crippen LogP contribution in [0.5, 0.6) is 11.5 Å². The molecular formula is C14H23NO3. The lowest BCUT2D eigenvalue weighted by molar-refractivity contribution is 0.159. The number of rotatable bonds is 5. The van der Waals surface area contributed by atoms with Crippen LogP contribution in [0.3, 0.4) is 0 Å². The van der Waals surface area contributed by atoms with E-state index in [9.17, 15) is 5.11 Å². The summed E-state index contributed by atoms with van der Waals surface area (Å²) in [6.45, 7) is 6.64. The summed E-state index contributed by atoms with van der Waals surface area (Å²) < 4.78 is 10.4. The largest absolute Gasteiger partial charge is 0.497 e. The summed E-state index contributed by atoms with van der Waals surface area (Å²) in [7, 11) is 3.20. The van der Waals surface area contributed by atoms with Gasteiger partial charge in [0, 0.05) is 17.6 Å². The van der Waals surface area contributed by atoms with Crippen LogP contribution in [0, 0.1) is 0 Å². The van der Waals surface area contributed by atoms with Crippen molar-refractivity contribution in [2.45, 2.75) is 32.4 Å². The van der Waals surface area contributed by atoms with Crippen LogP contribution < -0.4 is 14.8 Å². The number of aliphatic hydroxyl groups is 1. The second-order valence-electron chi connectivity index (χ2n) is 5.25. The van der Waals surface area contributed by atoms with E-state index in [1.807, 2.05) is 6.07 Å². The molecule has 0 aliphatic heterocycles. The molecule has 2 N–H and O–H groups in total. The Balaban J connectivity index is 2.85. The highest BCUT2D eigenvalue weighted by molar-refractivity contribution is 5.41. The molecule has 0 saturated carbocycles. The molecule has 0 saturated heterocycles. The standard InChI is InChI=1S/C14H23NO3/c1-14(2,3)15-9-12(16)11-8-10(17-4)6-7-13(11)18-5/h6-8,12,15-16H,9H2,1-5H3. The van der Waals surface area contributed by atoms with Gasteiger partial charge in [-0.3, -0.25) is 0 Å². The lowest BCUT2D eigenvalue weighted by Gasteiger charge is -2.24. The highest BCUT2D eigenvalue weighted by atomic mass is 16.5. The molecule has 0 aromatic heterocycles. The van der Waals surface area contributed by atoms with Crippen LogP contribution in [0.2, 0.25) is 0 Å². The zero-order chi connectivity index (χ0) is 13.8. The molecule has 1 rings (SSSR count). The van der Waals surface area contributed by atoms with Gasteiger partial charge in [-0.25, -0.2) is 0 Å². The first-order chi connectivity index (χ1) is 8.37. The molecule has 0 bridgehead atoms. The lowest BCUT2D eigenvalue weighted by Crippen LogP contribution is -2.38. The van der Waals surface area contributed by atoms with Crippen molar-refractivity contribution >= 4 is 0 Å². The second-order valence-corrected chi connectivity index (χ2v) is 5.25. The molecule has 1 aromatic rings. The number of aliphatic hydroxyl groups excluding tert-OH is 1. The molecule has 4 nitrogen and oxygen atoms in total. The normalized spacial score (nSPS) is 13.2. The van der Waals surface area contributed by atoms with Gasteiger partial charge in [-0.05, 0) is 39.0 Å². The summed E-state index contributed by atoms with van der Waals surface area (Å²) >= 11 is 0. The molecule has 4 heteroatoms. The van der Waals surface area contributed by atoms with Gasteiger partial charge >= 0.3 is 0 Å². The molecule has 18 heavy (non-hydrogen) atoms. The topological polar surface area (TPSA) is 50.7 Å². The molecular weight excluding hydrogens is 230 g/mol. The molecule has 102 valence electrons. The average molecular weight is 253 g/mol. The minimum absolute atomic E-state index is 0.0346. The Morgan fingerprint density at radius 1 is 1.22 bits per heavy atom. The Hall–Kier alpha value is -1.26. The Bertz CT molecular complexity index is 385. The first kappa shape index (κ1) is 14.8. The number of nitrogens with one attached hydrogen (secondary N) is 1. The molecule has 0 heterocycles. The molecule has 0 fully saturated rings. The average Bonchev–Trinajstić information content (AvgIpc) is 2.34. The van der Waals surface area contributed by atoms with Gasteiger partial charge in [0.05, 0.1) is 20.3 Å². The third-order valence-electron chi connectivity index (χ3n) is 2.62. The third-order valence-corrected chi connectivity index (χ3v) is 2.62. The van der Waals surface area contributed by atoms with Crippen molar-refractivity contribution in [1.29, 1.82) is 0 Å². The van der Waals surface area contributed by atoms with E-state index in [0.29, 0.717) is 18.0 Å². The fourth-order valence-electron chi connectivity index (χ4n) is 1.61. The smallest absolute Gasteiger partial charge is 0.124 e. The highest BCUT2D eigenvalue weighted by Crippen LogP contribution is 2.29. The Labute approximate surface area is 109 Å². The van der Waals surface area contributed by atoms with Gasteiger partial charge in [-0.2, -0.15) is 0 Å². The number of methoxy groups -OCH3 is 2. The zero-order valence-corrected chi connectivity index (χ0v) is 11.8. The van der Waals surface area contributed by atoms with Gasteiger partial charge in [0.25, 0.3) is 0 Å². The summed E-state index contributed by atoms with van der Waals surface area (Å²) in [5.41, 5.74) is 0.696. The van der Waals surface area contributed by atoms with Gasteiger partial charge < -0.3 is 19.9 Å². The summed E-state index contributed by atoms with van der Waals surface area (Å²) in [6.07, 6.45) is -0.630. The Kier molecular flexibility index (Phi) is 4.99. The summed E-state index contributed by atoms with van der Waals surface area (Å²) in [6, 6.07) is 5.41. The van der Waals surface area contributed by atoms with Gasteiger partial charge in [-0.1, -0.05) is 0 Å². The van der Waals surface area contributed by atoms with Crippen molar-refractivity contribution in [3.8, 4) is 11.5 Å². The van der Waals surface area contributed by atoms with Crippen LogP contribution in [0.1, 0.15) is 32.4 Å². The van der Waals surface area contributed by atoms with Crippen LogP contribution in [0.4, 0.5) is 0 Å². The first-order valence-corrected chi connectivity index (χ1v) is 6.02. The maximum absolute atomic E-state index is 10.2. The Morgan fingerprint density at radius 2 is 1.89 bits per heavy atom. The molecule has 0 amide bonds. The number of hydrogen-bond donors (Lipinski definition) is 2. The monoisotopic (exact) mass is 253 g/mol. The number of β-amino-alcohol motifs (C(OH)–C–C–N with tert-alkyl or cyclic N) is 1. The predicted octanol–water partition coefficient (Wildman–Crippen LogP) is 2.13. The van der Waals surface area contributed by atoms with Gasteiger partial charge in [-0.15, -0.1) is 0 Å². The molecule has 1 atom stereocenters. The quantitative estimate of drug-likeness (QED) is 0.844. The molecule has 0 aliphatic rings. The summed E-state index contributed by atoms with van der Waals surface area (Å²) in [5.74, 6) is 1.37. The van der Waals surface area contributed by atoms with Gasteiger partial charge in [0.15, 0.2) is 0 Å². The molecule has 0 radical (unpaired) electrons. The fraction of sp³-hybridized carbons (Fsp3) is 0.571. The number of hydrogen-bond acceptors (Lipinski definition) is 4. The van der Waals surface area contributed by atoms with Crippen molar-refractivity contribution in [2.75, 3.05) is 20.8 Å². The van der Waals surface area contributed by atoms with Crippen LogP contribution >= 0.6 is 0 Å². The summed E-state index contributed by atoms with van der Waals surface area (Å²) in [5, 5.41) is 13.5. The fourth-order valence-corrected chi connectivity index (χ4v) is 1.61. The molecule has 0 aliphatic carbocycles. The van der Waals surface area contributed by atoms with Crippen LogP contribution in [-0.2, 0) is 0 Å². The van der Waals surface area contributed by atoms with E-state index in [1.165, 1.54) is 0 Å². The van der Waals surface area contributed by atoms with Crippen molar-refractivity contribution in [1.82, 2.24) is 5.32 Å². The number of benzene rings is 1. The highest BCUT2D eigenvalue weighted by Gasteiger charge is 2.17. The zero-order valence-electron chi connectivity index (χ0n) is 11.8. The predicted molar refractivity (Wildman–Crippen MR) is 72.3 cm³/mol.